The van der Waals surface area contributed by atoms with Crippen LogP contribution in [0.1, 0.15) is 24.0 Å². The van der Waals surface area contributed by atoms with E-state index in [0.29, 0.717) is 13.1 Å². The number of rotatable bonds is 5. The number of anilines is 1. The van der Waals surface area contributed by atoms with E-state index in [4.69, 9.17) is 0 Å². The number of thiophene rings is 1. The molecule has 0 saturated carbocycles. The number of nitrogens with zero attached hydrogens (tertiary/aromatic N) is 2. The lowest BCUT2D eigenvalue weighted by Crippen LogP contribution is -2.46. The molecule has 1 amide bonds. The van der Waals surface area contributed by atoms with Crippen LogP contribution in [0.2, 0.25) is 0 Å². The number of hydrogen-bond donors (Lipinski definition) is 2. The summed E-state index contributed by atoms with van der Waals surface area (Å²) in [5.41, 5.74) is 3.22. The Morgan fingerprint density at radius 3 is 2.64 bits per heavy atom. The van der Waals surface area contributed by atoms with E-state index in [1.807, 2.05) is 18.2 Å². The van der Waals surface area contributed by atoms with Crippen molar-refractivity contribution in [2.75, 3.05) is 18.0 Å². The Hall–Kier alpha value is -2.57. The SMILES string of the molecule is O=C(O)N1CCC(N(Cc2cccc(CO)c2)c2ccc3sccc3c2)CC1. The topological polar surface area (TPSA) is 64.0 Å². The van der Waals surface area contributed by atoms with Gasteiger partial charge in [-0.3, -0.25) is 0 Å². The molecule has 1 saturated heterocycles. The number of likely N-dealkylation sites (tertiary alicyclic amines) is 1. The quantitative estimate of drug-likeness (QED) is 0.664. The number of aliphatic hydroxyl groups is 1. The molecular formula is C22H24N2O3S. The second kappa shape index (κ2) is 8.20. The highest BCUT2D eigenvalue weighted by Crippen LogP contribution is 2.31. The van der Waals surface area contributed by atoms with Gasteiger partial charge in [0.1, 0.15) is 0 Å². The second-order valence-corrected chi connectivity index (χ2v) is 8.20. The maximum Gasteiger partial charge on any atom is 0.407 e. The molecule has 2 heterocycles. The molecule has 1 aliphatic rings. The maximum absolute atomic E-state index is 11.3. The number of fused-ring (bicyclic) bond motifs is 1. The van der Waals surface area contributed by atoms with Crippen LogP contribution in [0.15, 0.2) is 53.9 Å². The molecule has 0 radical (unpaired) electrons. The number of piperidine rings is 1. The monoisotopic (exact) mass is 396 g/mol. The summed E-state index contributed by atoms with van der Waals surface area (Å²) < 4.78 is 1.27. The van der Waals surface area contributed by atoms with Crippen molar-refractivity contribution in [3.63, 3.8) is 0 Å². The van der Waals surface area contributed by atoms with Crippen molar-refractivity contribution in [2.45, 2.75) is 32.0 Å². The van der Waals surface area contributed by atoms with Gasteiger partial charge < -0.3 is 20.0 Å². The summed E-state index contributed by atoms with van der Waals surface area (Å²) in [6.45, 7) is 1.90. The van der Waals surface area contributed by atoms with Crippen LogP contribution in [0, 0.1) is 0 Å². The predicted octanol–water partition coefficient (Wildman–Crippen LogP) is 4.54. The van der Waals surface area contributed by atoms with Crippen molar-refractivity contribution in [2.24, 2.45) is 0 Å². The van der Waals surface area contributed by atoms with Gasteiger partial charge in [-0.25, -0.2) is 4.79 Å². The third-order valence-electron chi connectivity index (χ3n) is 5.47. The minimum atomic E-state index is -0.833. The molecule has 2 aromatic carbocycles. The fourth-order valence-corrected chi connectivity index (χ4v) is 4.73. The molecule has 1 fully saturated rings. The molecule has 28 heavy (non-hydrogen) atoms. The molecule has 0 spiro atoms. The van der Waals surface area contributed by atoms with Crippen LogP contribution in [-0.4, -0.2) is 40.3 Å². The van der Waals surface area contributed by atoms with Crippen LogP contribution in [0.5, 0.6) is 0 Å². The van der Waals surface area contributed by atoms with E-state index < -0.39 is 6.09 Å². The number of hydrogen-bond acceptors (Lipinski definition) is 4. The van der Waals surface area contributed by atoms with E-state index in [0.717, 1.165) is 36.2 Å². The summed E-state index contributed by atoms with van der Waals surface area (Å²) in [4.78, 5) is 15.2. The molecule has 0 bridgehead atoms. The molecule has 0 atom stereocenters. The summed E-state index contributed by atoms with van der Waals surface area (Å²) in [5.74, 6) is 0. The molecule has 0 unspecified atom stereocenters. The highest BCUT2D eigenvalue weighted by atomic mass is 32.1. The van der Waals surface area contributed by atoms with Gasteiger partial charge in [0.05, 0.1) is 6.61 Å². The van der Waals surface area contributed by atoms with Crippen LogP contribution in [0.4, 0.5) is 10.5 Å². The van der Waals surface area contributed by atoms with Gasteiger partial charge in [-0.1, -0.05) is 24.3 Å². The number of carbonyl (C=O) groups is 1. The van der Waals surface area contributed by atoms with Gasteiger partial charge in [-0.05, 0) is 59.0 Å². The number of carboxylic acid groups (broad SMARTS) is 1. The number of benzene rings is 2. The predicted molar refractivity (Wildman–Crippen MR) is 113 cm³/mol. The molecule has 0 aliphatic carbocycles. The molecule has 1 aliphatic heterocycles. The molecule has 146 valence electrons. The summed E-state index contributed by atoms with van der Waals surface area (Å²) >= 11 is 1.74. The molecular weight excluding hydrogens is 372 g/mol. The van der Waals surface area contributed by atoms with Crippen LogP contribution in [-0.2, 0) is 13.2 Å². The minimum Gasteiger partial charge on any atom is -0.465 e. The van der Waals surface area contributed by atoms with Gasteiger partial charge >= 0.3 is 6.09 Å². The van der Waals surface area contributed by atoms with E-state index in [1.54, 1.807) is 11.3 Å². The maximum atomic E-state index is 11.3. The van der Waals surface area contributed by atoms with Crippen molar-refractivity contribution in [3.8, 4) is 0 Å². The van der Waals surface area contributed by atoms with Crippen molar-refractivity contribution in [3.05, 3.63) is 65.0 Å². The first-order valence-electron chi connectivity index (χ1n) is 9.54. The van der Waals surface area contributed by atoms with Gasteiger partial charge in [0.15, 0.2) is 0 Å². The Kier molecular flexibility index (Phi) is 5.50. The molecule has 6 heteroatoms. The van der Waals surface area contributed by atoms with Gasteiger partial charge in [-0.2, -0.15) is 0 Å². The largest absolute Gasteiger partial charge is 0.465 e. The van der Waals surface area contributed by atoms with Gasteiger partial charge in [0.2, 0.25) is 0 Å². The summed E-state index contributed by atoms with van der Waals surface area (Å²) in [7, 11) is 0. The lowest BCUT2D eigenvalue weighted by atomic mass is 10.0. The highest BCUT2D eigenvalue weighted by molar-refractivity contribution is 7.17. The average Bonchev–Trinajstić information content (AvgIpc) is 3.20. The first kappa shape index (κ1) is 18.8. The normalized spacial score (nSPS) is 15.1. The number of amides is 1. The molecule has 4 rings (SSSR count). The first-order chi connectivity index (χ1) is 13.6. The second-order valence-electron chi connectivity index (χ2n) is 7.25. The Morgan fingerprint density at radius 2 is 1.89 bits per heavy atom. The molecule has 5 nitrogen and oxygen atoms in total. The standard InChI is InChI=1S/C22H24N2O3S/c25-15-17-3-1-2-16(12-17)14-24(19-6-9-23(10-7-19)22(26)27)20-4-5-21-18(13-20)8-11-28-21/h1-5,8,11-13,19,25H,6-7,9-10,14-15H2,(H,26,27). The van der Waals surface area contributed by atoms with Gasteiger partial charge in [-0.15, -0.1) is 11.3 Å². The number of aliphatic hydroxyl groups excluding tert-OH is 1. The van der Waals surface area contributed by atoms with E-state index in [2.05, 4.69) is 40.6 Å². The Labute approximate surface area is 168 Å². The molecule has 2 N–H and O–H groups in total. The highest BCUT2D eigenvalue weighted by Gasteiger charge is 2.27. The van der Waals surface area contributed by atoms with Gasteiger partial charge in [0.25, 0.3) is 0 Å². The Morgan fingerprint density at radius 1 is 1.11 bits per heavy atom. The zero-order chi connectivity index (χ0) is 19.5. The van der Waals surface area contributed by atoms with E-state index in [9.17, 15) is 15.0 Å². The van der Waals surface area contributed by atoms with Crippen LogP contribution in [0.3, 0.4) is 0 Å². The third-order valence-corrected chi connectivity index (χ3v) is 6.37. The summed E-state index contributed by atoms with van der Waals surface area (Å²) in [6.07, 6.45) is 0.793. The summed E-state index contributed by atoms with van der Waals surface area (Å²) in [6, 6.07) is 17.0. The van der Waals surface area contributed by atoms with E-state index in [1.165, 1.54) is 15.0 Å². The van der Waals surface area contributed by atoms with Crippen molar-refractivity contribution < 1.29 is 15.0 Å². The smallest absolute Gasteiger partial charge is 0.407 e. The lowest BCUT2D eigenvalue weighted by Gasteiger charge is -2.39. The fourth-order valence-electron chi connectivity index (χ4n) is 3.96. The minimum absolute atomic E-state index is 0.0334. The van der Waals surface area contributed by atoms with Crippen molar-refractivity contribution in [1.29, 1.82) is 0 Å². The van der Waals surface area contributed by atoms with Crippen molar-refractivity contribution in [1.82, 2.24) is 4.90 Å². The third kappa shape index (κ3) is 3.98. The fraction of sp³-hybridized carbons (Fsp3) is 0.318. The summed E-state index contributed by atoms with van der Waals surface area (Å²) in [5, 5.41) is 22.1. The Bertz CT molecular complexity index is 963. The van der Waals surface area contributed by atoms with Gasteiger partial charge in [0, 0.05) is 36.1 Å². The average molecular weight is 397 g/mol. The van der Waals surface area contributed by atoms with E-state index >= 15 is 0 Å². The zero-order valence-electron chi connectivity index (χ0n) is 15.6. The first-order valence-corrected chi connectivity index (χ1v) is 10.4. The zero-order valence-corrected chi connectivity index (χ0v) is 16.4. The van der Waals surface area contributed by atoms with Crippen molar-refractivity contribution >= 4 is 33.2 Å². The van der Waals surface area contributed by atoms with E-state index in [-0.39, 0.29) is 12.6 Å². The molecule has 3 aromatic rings. The van der Waals surface area contributed by atoms with Crippen LogP contribution >= 0.6 is 11.3 Å². The Balaban J connectivity index is 1.63. The van der Waals surface area contributed by atoms with Crippen LogP contribution < -0.4 is 4.90 Å². The van der Waals surface area contributed by atoms with Crippen LogP contribution in [0.25, 0.3) is 10.1 Å². The molecule has 1 aromatic heterocycles. The lowest BCUT2D eigenvalue weighted by molar-refractivity contribution is 0.131.